The minimum Gasteiger partial charge on any atom is -0.480 e. The summed E-state index contributed by atoms with van der Waals surface area (Å²) in [5.41, 5.74) is 10.9. The quantitative estimate of drug-likeness (QED) is 0.0252. The van der Waals surface area contributed by atoms with E-state index in [4.69, 9.17) is 11.5 Å². The van der Waals surface area contributed by atoms with E-state index in [2.05, 4.69) is 97.7 Å². The number of aliphatic hydroxyl groups excluding tert-OH is 3. The molecule has 0 aromatic heterocycles. The number of aliphatic carboxylic acids is 1. The number of carbonyl (C=O) groups is 20. The molecule has 0 aliphatic carbocycles. The first-order chi connectivity index (χ1) is 53.4. The van der Waals surface area contributed by atoms with Gasteiger partial charge in [0.05, 0.1) is 51.9 Å². The van der Waals surface area contributed by atoms with Crippen molar-refractivity contribution >= 4 is 131 Å². The second kappa shape index (κ2) is 52.1. The number of rotatable bonds is 52. The molecule has 0 aromatic carbocycles. The van der Waals surface area contributed by atoms with Crippen molar-refractivity contribution in [2.45, 2.75) is 240 Å². The van der Waals surface area contributed by atoms with Crippen LogP contribution < -0.4 is 107 Å². The molecule has 0 heterocycles. The van der Waals surface area contributed by atoms with Crippen LogP contribution in [0.1, 0.15) is 143 Å². The summed E-state index contributed by atoms with van der Waals surface area (Å²) in [4.78, 5) is 261. The number of aliphatic hydroxyl groups is 3. The zero-order valence-corrected chi connectivity index (χ0v) is 68.9. The van der Waals surface area contributed by atoms with E-state index >= 15 is 0 Å². The second-order valence-corrected chi connectivity index (χ2v) is 29.9. The number of hydrogen-bond donors (Lipinski definition) is 25. The van der Waals surface area contributed by atoms with Crippen LogP contribution >= 0.6 is 12.6 Å². The molecular weight excluding hydrogens is 1540 g/mol. The van der Waals surface area contributed by atoms with Crippen LogP contribution in [0.5, 0.6) is 0 Å². The smallest absolute Gasteiger partial charge is 0.326 e. The van der Waals surface area contributed by atoms with E-state index in [9.17, 15) is 116 Å². The zero-order valence-electron chi connectivity index (χ0n) is 68.0. The van der Waals surface area contributed by atoms with Crippen molar-refractivity contribution in [3.8, 4) is 0 Å². The van der Waals surface area contributed by atoms with Crippen molar-refractivity contribution in [2.24, 2.45) is 47.0 Å². The second-order valence-electron chi connectivity index (χ2n) is 29.5. The lowest BCUT2D eigenvalue weighted by Gasteiger charge is -2.30. The number of primary amides is 1. The maximum atomic E-state index is 14.2. The molecule has 17 atom stereocenters. The lowest BCUT2D eigenvalue weighted by molar-refractivity contribution is -0.144. The Labute approximate surface area is 672 Å². The summed E-state index contributed by atoms with van der Waals surface area (Å²) in [5, 5.41) is 81.4. The number of carbonyl (C=O) groups excluding carboxylic acids is 19. The molecule has 0 aliphatic heterocycles. The summed E-state index contributed by atoms with van der Waals surface area (Å²) in [6.07, 6.45) is -0.549. The van der Waals surface area contributed by atoms with Crippen LogP contribution in [0.3, 0.4) is 0 Å². The highest BCUT2D eigenvalue weighted by Gasteiger charge is 2.38. The molecule has 26 N–H and O–H groups in total. The predicted octanol–water partition coefficient (Wildman–Crippen LogP) is -9.99. The summed E-state index contributed by atoms with van der Waals surface area (Å²) in [7, 11) is 0. The van der Waals surface area contributed by atoms with Crippen molar-refractivity contribution in [1.29, 1.82) is 0 Å². The number of carboxylic acid groups (broad SMARTS) is 1. The Hall–Kier alpha value is -10.4. The van der Waals surface area contributed by atoms with Crippen LogP contribution in [0, 0.1) is 35.5 Å². The third-order valence-electron chi connectivity index (χ3n) is 17.4. The summed E-state index contributed by atoms with van der Waals surface area (Å²) < 4.78 is 0. The van der Waals surface area contributed by atoms with Crippen molar-refractivity contribution < 1.29 is 116 Å². The summed E-state index contributed by atoms with van der Waals surface area (Å²) in [6.45, 7) is 21.2. The Balaban J connectivity index is 5.80. The van der Waals surface area contributed by atoms with Crippen LogP contribution in [-0.2, 0) is 95.9 Å². The fourth-order valence-electron chi connectivity index (χ4n) is 10.1. The molecule has 0 saturated heterocycles. The highest BCUT2D eigenvalue weighted by molar-refractivity contribution is 7.80. The normalized spacial score (nSPS) is 15.6. The highest BCUT2D eigenvalue weighted by Crippen LogP contribution is 2.14. The van der Waals surface area contributed by atoms with Gasteiger partial charge in [-0.25, -0.2) is 4.79 Å². The van der Waals surface area contributed by atoms with Gasteiger partial charge < -0.3 is 128 Å². The Morgan fingerprint density at radius 1 is 0.313 bits per heavy atom. The van der Waals surface area contributed by atoms with E-state index in [1.807, 2.05) is 10.6 Å². The van der Waals surface area contributed by atoms with Gasteiger partial charge >= 0.3 is 5.97 Å². The van der Waals surface area contributed by atoms with Gasteiger partial charge in [-0.05, 0) is 83.0 Å². The van der Waals surface area contributed by atoms with Gasteiger partial charge in [-0.15, -0.1) is 0 Å². The molecule has 0 aliphatic rings. The summed E-state index contributed by atoms with van der Waals surface area (Å²) in [5.74, 6) is -22.2. The molecule has 0 rings (SSSR count). The Bertz CT molecular complexity index is 3400. The standard InChI is InChI=1S/C70H122N20O24S/c1-18-34(12)54(90-59(102)38(16)77-57(100)37(15)76-48(95)22-73-55(98)35(13)79-67(110)52(32(8)9)88-58(101)39(17)78-66(109)51(72)31(6)7)69(112)83-41(20-30(4)5)62(105)89-53(33(10)11)68(111)80-36(14)56(99)74-23-49(96)81-40(19-29(2)3)61(104)85-43(25-91)60(103)75-24-50(97)82-46(28-115)65(108)87-45(27-93)64(107)86-44(26-92)63(106)84-42(70(113)114)21-47(71)94/h29-46,51-54,91-93,115H,18-28,72H2,1-17H3,(H2,71,94)(H,73,98)(H,74,99)(H,75,103)(H,76,95)(H,77,100)(H,78,109)(H,79,110)(H,80,111)(H,81,96)(H,82,97)(H,83,112)(H,84,106)(H,85,104)(H,86,107)(H,87,108)(H,88,101)(H,89,105)(H,90,102)(H,113,114)/t34-,35-,36-,37-,38-,39-,40-,41-,42-,43-,44-,45-,46-,51-,52-,53-,54-/m0/s1. The zero-order chi connectivity index (χ0) is 88.8. The van der Waals surface area contributed by atoms with E-state index in [1.165, 1.54) is 34.6 Å². The molecule has 652 valence electrons. The minimum atomic E-state index is -1.86. The fraction of sp³-hybridized carbons (Fsp3) is 0.714. The van der Waals surface area contributed by atoms with Crippen molar-refractivity contribution in [1.82, 2.24) is 95.7 Å². The number of hydrogen-bond acceptors (Lipinski definition) is 25. The third kappa shape index (κ3) is 38.5. The van der Waals surface area contributed by atoms with Gasteiger partial charge in [-0.3, -0.25) is 91.1 Å². The number of nitrogens with one attached hydrogen (secondary N) is 18. The number of carboxylic acids is 1. The van der Waals surface area contributed by atoms with Crippen LogP contribution in [0.2, 0.25) is 0 Å². The molecule has 19 amide bonds. The van der Waals surface area contributed by atoms with Crippen molar-refractivity contribution in [3.63, 3.8) is 0 Å². The highest BCUT2D eigenvalue weighted by atomic mass is 32.1. The average molecular weight is 1660 g/mol. The number of nitrogens with two attached hydrogens (primary N) is 2. The summed E-state index contributed by atoms with van der Waals surface area (Å²) in [6, 6.07) is -22.4. The predicted molar refractivity (Wildman–Crippen MR) is 414 cm³/mol. The third-order valence-corrected chi connectivity index (χ3v) is 17.7. The van der Waals surface area contributed by atoms with Gasteiger partial charge in [0.2, 0.25) is 112 Å². The molecule has 44 nitrogen and oxygen atoms in total. The molecular formula is C70H122N20O24S. The fourth-order valence-corrected chi connectivity index (χ4v) is 10.4. The van der Waals surface area contributed by atoms with Gasteiger partial charge in [-0.2, -0.15) is 12.6 Å². The molecule has 0 spiro atoms. The Kier molecular flexibility index (Phi) is 47.4. The monoisotopic (exact) mass is 1660 g/mol. The van der Waals surface area contributed by atoms with Crippen molar-refractivity contribution in [3.05, 3.63) is 0 Å². The van der Waals surface area contributed by atoms with E-state index in [0.29, 0.717) is 6.42 Å². The van der Waals surface area contributed by atoms with Gasteiger partial charge in [0, 0.05) is 5.75 Å². The SMILES string of the molecule is CC[C@H](C)[C@H](NC(=O)[C@H](C)NC(=O)[C@H](C)NC(=O)CNC(=O)[C@H](C)NC(=O)[C@@H](NC(=O)[C@H](C)NC(=O)[C@@H](N)C(C)C)C(C)C)C(=O)N[C@@H](CC(C)C)C(=O)N[C@H](C(=O)N[C@@H](C)C(=O)NCC(=O)N[C@@H](CC(C)C)C(=O)N[C@@H](CO)C(=O)NCC(=O)N[C@@H](CS)C(=O)N[C@@H](CO)C(=O)N[C@@H](CO)C(=O)N[C@@H](CC(N)=O)C(=O)O)C(C)C. The van der Waals surface area contributed by atoms with E-state index in [-0.39, 0.29) is 30.6 Å². The molecule has 0 radical (unpaired) electrons. The maximum absolute atomic E-state index is 14.2. The van der Waals surface area contributed by atoms with Crippen LogP contribution in [0.15, 0.2) is 0 Å². The van der Waals surface area contributed by atoms with Gasteiger partial charge in [0.25, 0.3) is 0 Å². The lowest BCUT2D eigenvalue weighted by Crippen LogP contribution is -2.61. The molecule has 0 bridgehead atoms. The van der Waals surface area contributed by atoms with Crippen LogP contribution in [0.4, 0.5) is 0 Å². The molecule has 0 unspecified atom stereocenters. The van der Waals surface area contributed by atoms with E-state index in [1.54, 1.807) is 83.1 Å². The minimum absolute atomic E-state index is 0.0265. The maximum Gasteiger partial charge on any atom is 0.326 e. The van der Waals surface area contributed by atoms with Crippen LogP contribution in [0.25, 0.3) is 0 Å². The van der Waals surface area contributed by atoms with Gasteiger partial charge in [-0.1, -0.05) is 89.5 Å². The molecule has 45 heteroatoms. The van der Waals surface area contributed by atoms with Gasteiger partial charge in [0.1, 0.15) is 90.6 Å². The number of thiol groups is 1. The number of amides is 19. The topological polar surface area (TPSA) is 691 Å². The lowest BCUT2D eigenvalue weighted by atomic mass is 9.96. The first kappa shape index (κ1) is 105. The summed E-state index contributed by atoms with van der Waals surface area (Å²) >= 11 is 4.01. The molecule has 0 fully saturated rings. The Morgan fingerprint density at radius 3 is 0.974 bits per heavy atom. The first-order valence-corrected chi connectivity index (χ1v) is 38.1. The largest absolute Gasteiger partial charge is 0.480 e. The average Bonchev–Trinajstić information content (AvgIpc) is 0.850. The molecule has 0 aromatic rings. The van der Waals surface area contributed by atoms with E-state index < -0.39 is 284 Å². The van der Waals surface area contributed by atoms with Gasteiger partial charge in [0.15, 0.2) is 0 Å². The molecule has 0 saturated carbocycles. The van der Waals surface area contributed by atoms with Crippen LogP contribution in [-0.4, -0.2) is 281 Å². The molecule has 115 heavy (non-hydrogen) atoms. The van der Waals surface area contributed by atoms with Crippen molar-refractivity contribution in [2.75, 3.05) is 45.2 Å². The first-order valence-electron chi connectivity index (χ1n) is 37.5. The van der Waals surface area contributed by atoms with E-state index in [0.717, 1.165) is 0 Å². The Morgan fingerprint density at radius 2 is 0.600 bits per heavy atom.